The van der Waals surface area contributed by atoms with Crippen LogP contribution in [0.3, 0.4) is 0 Å². The highest BCUT2D eigenvalue weighted by molar-refractivity contribution is 4.84. The number of aliphatic hydroxyl groups excluding tert-OH is 1. The van der Waals surface area contributed by atoms with Gasteiger partial charge in [0.1, 0.15) is 0 Å². The molecule has 1 saturated heterocycles. The summed E-state index contributed by atoms with van der Waals surface area (Å²) in [7, 11) is 1.94. The zero-order valence-electron chi connectivity index (χ0n) is 11.8. The van der Waals surface area contributed by atoms with Gasteiger partial charge in [0, 0.05) is 18.1 Å². The Morgan fingerprint density at radius 3 is 2.71 bits per heavy atom. The second-order valence-corrected chi connectivity index (χ2v) is 5.67. The fraction of sp³-hybridized carbons (Fsp3) is 1.00. The largest absolute Gasteiger partial charge is 0.394 e. The van der Waals surface area contributed by atoms with Crippen molar-refractivity contribution in [2.75, 3.05) is 26.7 Å². The molecule has 0 aromatic heterocycles. The summed E-state index contributed by atoms with van der Waals surface area (Å²) in [5, 5.41) is 12.7. The van der Waals surface area contributed by atoms with Crippen LogP contribution < -0.4 is 5.32 Å². The first-order chi connectivity index (χ1) is 8.15. The van der Waals surface area contributed by atoms with Crippen molar-refractivity contribution in [3.8, 4) is 0 Å². The molecule has 0 aromatic rings. The minimum absolute atomic E-state index is 0.120. The molecule has 1 rings (SSSR count). The molecule has 2 unspecified atom stereocenters. The van der Waals surface area contributed by atoms with Gasteiger partial charge in [-0.3, -0.25) is 0 Å². The Kier molecular flexibility index (Phi) is 6.45. The van der Waals surface area contributed by atoms with Gasteiger partial charge in [-0.25, -0.2) is 0 Å². The van der Waals surface area contributed by atoms with Crippen LogP contribution in [0.4, 0.5) is 0 Å². The lowest BCUT2D eigenvalue weighted by Gasteiger charge is -2.34. The second-order valence-electron chi connectivity index (χ2n) is 5.67. The summed E-state index contributed by atoms with van der Waals surface area (Å²) in [5.74, 6) is 0. The lowest BCUT2D eigenvalue weighted by atomic mass is 9.98. The molecule has 2 N–H and O–H groups in total. The quantitative estimate of drug-likeness (QED) is 0.748. The minimum Gasteiger partial charge on any atom is -0.394 e. The van der Waals surface area contributed by atoms with E-state index in [0.717, 1.165) is 19.0 Å². The minimum atomic E-state index is -0.120. The van der Waals surface area contributed by atoms with E-state index >= 15 is 0 Å². The molecule has 2 atom stereocenters. The van der Waals surface area contributed by atoms with Gasteiger partial charge in [-0.15, -0.1) is 0 Å². The fourth-order valence-electron chi connectivity index (χ4n) is 2.67. The van der Waals surface area contributed by atoms with Crippen molar-refractivity contribution in [2.24, 2.45) is 0 Å². The second kappa shape index (κ2) is 7.34. The Bertz CT molecular complexity index is 204. The first-order valence-corrected chi connectivity index (χ1v) is 7.19. The normalized spacial score (nSPS) is 26.5. The number of likely N-dealkylation sites (tertiary alicyclic amines) is 1. The molecule has 3 heteroatoms. The highest BCUT2D eigenvalue weighted by Crippen LogP contribution is 2.20. The van der Waals surface area contributed by atoms with E-state index < -0.39 is 0 Å². The van der Waals surface area contributed by atoms with Gasteiger partial charge in [-0.05, 0) is 46.2 Å². The lowest BCUT2D eigenvalue weighted by molar-refractivity contribution is 0.132. The van der Waals surface area contributed by atoms with Gasteiger partial charge in [-0.2, -0.15) is 0 Å². The van der Waals surface area contributed by atoms with Crippen LogP contribution in [0.15, 0.2) is 0 Å². The van der Waals surface area contributed by atoms with Crippen molar-refractivity contribution < 1.29 is 5.11 Å². The maximum Gasteiger partial charge on any atom is 0.0610 e. The smallest absolute Gasteiger partial charge is 0.0610 e. The first-order valence-electron chi connectivity index (χ1n) is 7.19. The van der Waals surface area contributed by atoms with E-state index in [2.05, 4.69) is 24.1 Å². The van der Waals surface area contributed by atoms with Crippen LogP contribution in [0.5, 0.6) is 0 Å². The van der Waals surface area contributed by atoms with Gasteiger partial charge < -0.3 is 15.3 Å². The number of nitrogens with zero attached hydrogens (tertiary/aromatic N) is 1. The molecule has 0 saturated carbocycles. The Labute approximate surface area is 107 Å². The molecule has 0 bridgehead atoms. The lowest BCUT2D eigenvalue weighted by Crippen LogP contribution is -2.47. The van der Waals surface area contributed by atoms with E-state index in [9.17, 15) is 5.11 Å². The highest BCUT2D eigenvalue weighted by atomic mass is 16.3. The zero-order chi connectivity index (χ0) is 12.7. The van der Waals surface area contributed by atoms with Gasteiger partial charge in [0.2, 0.25) is 0 Å². The molecule has 17 heavy (non-hydrogen) atoms. The number of nitrogens with one attached hydrogen (secondary N) is 1. The average Bonchev–Trinajstić information content (AvgIpc) is 2.60. The Hall–Kier alpha value is -0.120. The summed E-state index contributed by atoms with van der Waals surface area (Å²) in [6.07, 6.45) is 7.75. The predicted octanol–water partition coefficient (Wildman–Crippen LogP) is 2.00. The number of rotatable bonds is 6. The maximum absolute atomic E-state index is 9.41. The monoisotopic (exact) mass is 242 g/mol. The molecule has 102 valence electrons. The molecule has 0 spiro atoms. The molecule has 1 heterocycles. The SMILES string of the molecule is CCC1CCCCCN1CCC(C)(CO)NC. The summed E-state index contributed by atoms with van der Waals surface area (Å²) in [6.45, 7) is 6.96. The van der Waals surface area contributed by atoms with Crippen molar-refractivity contribution in [1.82, 2.24) is 10.2 Å². The van der Waals surface area contributed by atoms with Gasteiger partial charge >= 0.3 is 0 Å². The number of likely N-dealkylation sites (N-methyl/N-ethyl adjacent to an activating group) is 1. The Balaban J connectivity index is 2.46. The van der Waals surface area contributed by atoms with Crippen LogP contribution in [-0.2, 0) is 0 Å². The molecular formula is C14H30N2O. The average molecular weight is 242 g/mol. The van der Waals surface area contributed by atoms with E-state index in [0.29, 0.717) is 0 Å². The van der Waals surface area contributed by atoms with Crippen LogP contribution in [0, 0.1) is 0 Å². The molecule has 1 fully saturated rings. The molecule has 0 aliphatic carbocycles. The van der Waals surface area contributed by atoms with Crippen molar-refractivity contribution in [3.63, 3.8) is 0 Å². The molecule has 1 aliphatic heterocycles. The molecule has 0 aromatic carbocycles. The van der Waals surface area contributed by atoms with Crippen molar-refractivity contribution in [2.45, 2.75) is 64.0 Å². The summed E-state index contributed by atoms with van der Waals surface area (Å²) in [6, 6.07) is 0.761. The third kappa shape index (κ3) is 4.57. The van der Waals surface area contributed by atoms with E-state index in [-0.39, 0.29) is 12.1 Å². The number of aliphatic hydroxyl groups is 1. The third-order valence-corrected chi connectivity index (χ3v) is 4.37. The third-order valence-electron chi connectivity index (χ3n) is 4.37. The van der Waals surface area contributed by atoms with Crippen LogP contribution in [0.2, 0.25) is 0 Å². The van der Waals surface area contributed by atoms with Gasteiger partial charge in [-0.1, -0.05) is 19.8 Å². The summed E-state index contributed by atoms with van der Waals surface area (Å²) in [4.78, 5) is 2.64. The van der Waals surface area contributed by atoms with Crippen molar-refractivity contribution in [1.29, 1.82) is 0 Å². The van der Waals surface area contributed by atoms with Gasteiger partial charge in [0.25, 0.3) is 0 Å². The van der Waals surface area contributed by atoms with Crippen LogP contribution in [0.1, 0.15) is 52.4 Å². The van der Waals surface area contributed by atoms with Crippen molar-refractivity contribution >= 4 is 0 Å². The summed E-state index contributed by atoms with van der Waals surface area (Å²) in [5.41, 5.74) is -0.120. The van der Waals surface area contributed by atoms with Crippen LogP contribution in [-0.4, -0.2) is 48.3 Å². The van der Waals surface area contributed by atoms with Crippen LogP contribution in [0.25, 0.3) is 0 Å². The number of hydrogen-bond acceptors (Lipinski definition) is 3. The molecule has 0 radical (unpaired) electrons. The molecule has 1 aliphatic rings. The molecule has 0 amide bonds. The fourth-order valence-corrected chi connectivity index (χ4v) is 2.67. The first kappa shape index (κ1) is 14.9. The van der Waals surface area contributed by atoms with E-state index in [1.807, 2.05) is 7.05 Å². The number of hydrogen-bond donors (Lipinski definition) is 2. The Morgan fingerprint density at radius 2 is 2.12 bits per heavy atom. The Morgan fingerprint density at radius 1 is 1.35 bits per heavy atom. The topological polar surface area (TPSA) is 35.5 Å². The summed E-state index contributed by atoms with van der Waals surface area (Å²) >= 11 is 0. The van der Waals surface area contributed by atoms with Crippen LogP contribution >= 0.6 is 0 Å². The van der Waals surface area contributed by atoms with Crippen molar-refractivity contribution in [3.05, 3.63) is 0 Å². The zero-order valence-corrected chi connectivity index (χ0v) is 11.8. The van der Waals surface area contributed by atoms with E-state index in [4.69, 9.17) is 0 Å². The standard InChI is InChI=1S/C14H30N2O/c1-4-13-8-6-5-7-10-16(13)11-9-14(2,12-17)15-3/h13,15,17H,4-12H2,1-3H3. The highest BCUT2D eigenvalue weighted by Gasteiger charge is 2.25. The molecular weight excluding hydrogens is 212 g/mol. The van der Waals surface area contributed by atoms with Gasteiger partial charge in [0.05, 0.1) is 6.61 Å². The summed E-state index contributed by atoms with van der Waals surface area (Å²) < 4.78 is 0. The van der Waals surface area contributed by atoms with Gasteiger partial charge in [0.15, 0.2) is 0 Å². The molecule has 3 nitrogen and oxygen atoms in total. The predicted molar refractivity (Wildman–Crippen MR) is 73.3 cm³/mol. The van der Waals surface area contributed by atoms with E-state index in [1.54, 1.807) is 0 Å². The maximum atomic E-state index is 9.41. The van der Waals surface area contributed by atoms with E-state index in [1.165, 1.54) is 38.6 Å².